The van der Waals surface area contributed by atoms with E-state index in [1.165, 1.54) is 16.4 Å². The number of nitrogens with zero attached hydrogens (tertiary/aromatic N) is 2. The molecule has 0 radical (unpaired) electrons. The molecule has 2 aromatic rings. The number of carbonyl (C=O) groups excluding carboxylic acids is 3. The van der Waals surface area contributed by atoms with Crippen LogP contribution in [0, 0.1) is 0 Å². The van der Waals surface area contributed by atoms with Crippen LogP contribution in [-0.4, -0.2) is 55.1 Å². The van der Waals surface area contributed by atoms with E-state index in [1.54, 1.807) is 12.1 Å². The first-order chi connectivity index (χ1) is 15.8. The highest BCUT2D eigenvalue weighted by atomic mass is 32.2. The van der Waals surface area contributed by atoms with Gasteiger partial charge in [-0.15, -0.1) is 0 Å². The number of aryl methyl sites for hydroxylation is 1. The van der Waals surface area contributed by atoms with Crippen molar-refractivity contribution in [1.29, 1.82) is 0 Å². The van der Waals surface area contributed by atoms with Gasteiger partial charge in [0.05, 0.1) is 4.90 Å². The van der Waals surface area contributed by atoms with Crippen LogP contribution in [0.15, 0.2) is 53.4 Å². The molecule has 10 heteroatoms. The third kappa shape index (κ3) is 3.59. The normalized spacial score (nSPS) is 22.6. The van der Waals surface area contributed by atoms with Crippen molar-refractivity contribution in [3.63, 3.8) is 0 Å². The largest absolute Gasteiger partial charge is 0.325 e. The fourth-order valence-electron chi connectivity index (χ4n) is 4.89. The third-order valence-electron chi connectivity index (χ3n) is 6.54. The molecule has 4 amide bonds. The summed E-state index contributed by atoms with van der Waals surface area (Å²) in [6, 6.07) is 12.9. The summed E-state index contributed by atoms with van der Waals surface area (Å²) in [5, 5.41) is 5.40. The maximum atomic E-state index is 13.2. The van der Waals surface area contributed by atoms with Gasteiger partial charge in [-0.1, -0.05) is 30.3 Å². The van der Waals surface area contributed by atoms with Gasteiger partial charge in [-0.05, 0) is 55.0 Å². The summed E-state index contributed by atoms with van der Waals surface area (Å²) in [5.74, 6) is -1.03. The van der Waals surface area contributed by atoms with Crippen molar-refractivity contribution >= 4 is 33.6 Å². The van der Waals surface area contributed by atoms with Crippen molar-refractivity contribution < 1.29 is 22.8 Å². The number of urea groups is 1. The Bertz CT molecular complexity index is 1260. The number of rotatable bonds is 5. The number of nitrogens with one attached hydrogen (secondary N) is 2. The molecule has 2 aliphatic heterocycles. The highest BCUT2D eigenvalue weighted by Gasteiger charge is 2.55. The van der Waals surface area contributed by atoms with Gasteiger partial charge in [0.25, 0.3) is 5.91 Å². The number of benzene rings is 2. The molecule has 2 saturated heterocycles. The molecular weight excluding hydrogens is 444 g/mol. The van der Waals surface area contributed by atoms with Gasteiger partial charge in [0, 0.05) is 18.8 Å². The quantitative estimate of drug-likeness (QED) is 0.650. The van der Waals surface area contributed by atoms with Crippen molar-refractivity contribution in [3.8, 4) is 0 Å². The number of anilines is 1. The van der Waals surface area contributed by atoms with Gasteiger partial charge in [0.2, 0.25) is 15.9 Å². The molecule has 3 aliphatic rings. The lowest BCUT2D eigenvalue weighted by Gasteiger charge is -2.22. The molecule has 0 saturated carbocycles. The summed E-state index contributed by atoms with van der Waals surface area (Å²) >= 11 is 0. The molecule has 172 valence electrons. The Balaban J connectivity index is 1.30. The zero-order chi connectivity index (χ0) is 23.2. The number of hydrogen-bond donors (Lipinski definition) is 2. The van der Waals surface area contributed by atoms with Crippen LogP contribution in [0.3, 0.4) is 0 Å². The van der Waals surface area contributed by atoms with E-state index in [0.29, 0.717) is 25.9 Å². The van der Waals surface area contributed by atoms with Gasteiger partial charge < -0.3 is 10.6 Å². The number of imide groups is 1. The van der Waals surface area contributed by atoms with E-state index in [9.17, 15) is 22.8 Å². The maximum absolute atomic E-state index is 13.2. The number of sulfonamides is 1. The average Bonchev–Trinajstić information content (AvgIpc) is 3.52. The number of hydrogen-bond acceptors (Lipinski definition) is 5. The molecule has 1 spiro atoms. The average molecular weight is 469 g/mol. The molecule has 2 aromatic carbocycles. The molecule has 33 heavy (non-hydrogen) atoms. The summed E-state index contributed by atoms with van der Waals surface area (Å²) in [7, 11) is -3.63. The minimum atomic E-state index is -3.63. The van der Waals surface area contributed by atoms with Crippen molar-refractivity contribution in [3.05, 3.63) is 59.7 Å². The summed E-state index contributed by atoms with van der Waals surface area (Å²) in [4.78, 5) is 39.5. The fourth-order valence-corrected chi connectivity index (χ4v) is 6.45. The van der Waals surface area contributed by atoms with Crippen LogP contribution in [0.1, 0.15) is 30.4 Å². The first-order valence-corrected chi connectivity index (χ1v) is 12.4. The minimum Gasteiger partial charge on any atom is -0.324 e. The first kappa shape index (κ1) is 21.6. The third-order valence-corrected chi connectivity index (χ3v) is 8.44. The Kier molecular flexibility index (Phi) is 5.21. The van der Waals surface area contributed by atoms with Gasteiger partial charge >= 0.3 is 6.03 Å². The molecule has 5 rings (SSSR count). The smallest absolute Gasteiger partial charge is 0.324 e. The molecule has 2 heterocycles. The number of fused-ring (bicyclic) bond motifs is 2. The van der Waals surface area contributed by atoms with Gasteiger partial charge in [-0.3, -0.25) is 14.5 Å². The van der Waals surface area contributed by atoms with E-state index in [4.69, 9.17) is 0 Å². The highest BCUT2D eigenvalue weighted by Crippen LogP contribution is 2.41. The highest BCUT2D eigenvalue weighted by molar-refractivity contribution is 7.89. The summed E-state index contributed by atoms with van der Waals surface area (Å²) in [5.41, 5.74) is 0.935. The van der Waals surface area contributed by atoms with E-state index in [2.05, 4.69) is 10.6 Å². The van der Waals surface area contributed by atoms with Gasteiger partial charge in [0.1, 0.15) is 12.1 Å². The maximum Gasteiger partial charge on any atom is 0.325 e. The van der Waals surface area contributed by atoms with Crippen LogP contribution in [-0.2, 0) is 31.6 Å². The van der Waals surface area contributed by atoms with Gasteiger partial charge in [-0.2, -0.15) is 4.31 Å². The first-order valence-electron chi connectivity index (χ1n) is 10.9. The van der Waals surface area contributed by atoms with E-state index in [-0.39, 0.29) is 10.6 Å². The lowest BCUT2D eigenvalue weighted by atomic mass is 9.92. The van der Waals surface area contributed by atoms with Crippen LogP contribution >= 0.6 is 0 Å². The van der Waals surface area contributed by atoms with Gasteiger partial charge in [-0.25, -0.2) is 13.2 Å². The molecule has 9 nitrogen and oxygen atoms in total. The molecule has 0 bridgehead atoms. The molecule has 2 fully saturated rings. The van der Waals surface area contributed by atoms with E-state index in [0.717, 1.165) is 28.9 Å². The standard InChI is InChI=1S/C23H24N4O5S/c28-20(24-17-7-5-8-18(14-17)33(31,32)26-12-3-4-13-26)15-27-21(29)23(25-22(27)30)11-10-16-6-1-2-9-19(16)23/h1-2,5-9,14H,3-4,10-13,15H2,(H,24,28)(H,25,30)/t23-/m0/s1. The van der Waals surface area contributed by atoms with Crippen molar-refractivity contribution in [1.82, 2.24) is 14.5 Å². The number of carbonyl (C=O) groups is 3. The molecule has 1 atom stereocenters. The van der Waals surface area contributed by atoms with Crippen LogP contribution < -0.4 is 10.6 Å². The van der Waals surface area contributed by atoms with Crippen molar-refractivity contribution in [2.75, 3.05) is 25.0 Å². The van der Waals surface area contributed by atoms with E-state index in [1.807, 2.05) is 24.3 Å². The minimum absolute atomic E-state index is 0.0960. The Hall–Kier alpha value is -3.24. The van der Waals surface area contributed by atoms with Crippen molar-refractivity contribution in [2.24, 2.45) is 0 Å². The van der Waals surface area contributed by atoms with Crippen LogP contribution in [0.5, 0.6) is 0 Å². The van der Waals surface area contributed by atoms with Crippen molar-refractivity contribution in [2.45, 2.75) is 36.1 Å². The van der Waals surface area contributed by atoms with Crippen LogP contribution in [0.25, 0.3) is 0 Å². The molecule has 2 N–H and O–H groups in total. The Morgan fingerprint density at radius 2 is 1.82 bits per heavy atom. The monoisotopic (exact) mass is 468 g/mol. The zero-order valence-electron chi connectivity index (χ0n) is 17.9. The topological polar surface area (TPSA) is 116 Å². The molecular formula is C23H24N4O5S. The number of amides is 4. The lowest BCUT2D eigenvalue weighted by molar-refractivity contribution is -0.134. The zero-order valence-corrected chi connectivity index (χ0v) is 18.7. The van der Waals surface area contributed by atoms with Gasteiger partial charge in [0.15, 0.2) is 0 Å². The molecule has 0 unspecified atom stereocenters. The van der Waals surface area contributed by atoms with E-state index >= 15 is 0 Å². The van der Waals surface area contributed by atoms with Crippen LogP contribution in [0.2, 0.25) is 0 Å². The fraction of sp³-hybridized carbons (Fsp3) is 0.348. The predicted molar refractivity (Wildman–Crippen MR) is 120 cm³/mol. The summed E-state index contributed by atoms with van der Waals surface area (Å²) in [6.45, 7) is 0.504. The second-order valence-electron chi connectivity index (χ2n) is 8.57. The summed E-state index contributed by atoms with van der Waals surface area (Å²) < 4.78 is 27.0. The molecule has 0 aromatic heterocycles. The van der Waals surface area contributed by atoms with E-state index < -0.39 is 40.0 Å². The SMILES string of the molecule is O=C(CN1C(=O)N[C@]2(CCc3ccccc32)C1=O)Nc1cccc(S(=O)(=O)N2CCCC2)c1. The molecule has 1 aliphatic carbocycles. The predicted octanol–water partition coefficient (Wildman–Crippen LogP) is 1.80. The second kappa shape index (κ2) is 7.96. The second-order valence-corrected chi connectivity index (χ2v) is 10.5. The lowest BCUT2D eigenvalue weighted by Crippen LogP contribution is -2.43. The Morgan fingerprint density at radius 1 is 1.06 bits per heavy atom. The Labute approximate surface area is 191 Å². The summed E-state index contributed by atoms with van der Waals surface area (Å²) in [6.07, 6.45) is 2.77. The Morgan fingerprint density at radius 3 is 2.61 bits per heavy atom. The van der Waals surface area contributed by atoms with Crippen LogP contribution in [0.4, 0.5) is 10.5 Å².